The van der Waals surface area contributed by atoms with E-state index in [1.54, 1.807) is 12.0 Å². The first-order chi connectivity index (χ1) is 10.2. The zero-order chi connectivity index (χ0) is 14.8. The molecule has 0 radical (unpaired) electrons. The normalized spacial score (nSPS) is 15.5. The van der Waals surface area contributed by atoms with Gasteiger partial charge in [-0.05, 0) is 24.1 Å². The largest absolute Gasteiger partial charge is 0.496 e. The summed E-state index contributed by atoms with van der Waals surface area (Å²) in [4.78, 5) is 28.7. The molecule has 0 unspecified atom stereocenters. The molecule has 110 valence electrons. The number of Topliss-reactive ketones (excluding diaryl/α,β-unsaturated/α-hetero) is 1. The van der Waals surface area contributed by atoms with E-state index in [0.29, 0.717) is 13.0 Å². The number of nitrogens with zero attached hydrogens (tertiary/aromatic N) is 1. The van der Waals surface area contributed by atoms with Crippen LogP contribution in [0, 0.1) is 0 Å². The lowest BCUT2D eigenvalue weighted by Crippen LogP contribution is -2.40. The molecule has 1 aliphatic rings. The Hall–Kier alpha value is -2.30. The Morgan fingerprint density at radius 3 is 3.05 bits per heavy atom. The van der Waals surface area contributed by atoms with Crippen molar-refractivity contribution in [1.29, 1.82) is 0 Å². The van der Waals surface area contributed by atoms with Crippen LogP contribution in [-0.2, 0) is 16.0 Å². The molecule has 1 saturated heterocycles. The highest BCUT2D eigenvalue weighted by atomic mass is 16.5. The van der Waals surface area contributed by atoms with Crippen molar-refractivity contribution in [1.82, 2.24) is 9.88 Å². The van der Waals surface area contributed by atoms with Crippen molar-refractivity contribution >= 4 is 22.6 Å². The molecule has 21 heavy (non-hydrogen) atoms. The highest BCUT2D eigenvalue weighted by Gasteiger charge is 2.22. The van der Waals surface area contributed by atoms with Crippen LogP contribution in [0.4, 0.5) is 0 Å². The third-order valence-electron chi connectivity index (χ3n) is 3.91. The Balaban J connectivity index is 1.84. The molecule has 0 bridgehead atoms. The fourth-order valence-electron chi connectivity index (χ4n) is 2.85. The molecule has 1 aromatic carbocycles. The fraction of sp³-hybridized carbons (Fsp3) is 0.375. The second kappa shape index (κ2) is 5.60. The monoisotopic (exact) mass is 286 g/mol. The van der Waals surface area contributed by atoms with Crippen LogP contribution in [0.15, 0.2) is 24.4 Å². The van der Waals surface area contributed by atoms with Crippen LogP contribution in [-0.4, -0.2) is 41.8 Å². The zero-order valence-corrected chi connectivity index (χ0v) is 12.0. The number of amides is 1. The lowest BCUT2D eigenvalue weighted by Gasteiger charge is -2.25. The maximum atomic E-state index is 12.4. The van der Waals surface area contributed by atoms with Crippen LogP contribution < -0.4 is 4.74 Å². The van der Waals surface area contributed by atoms with Gasteiger partial charge in [0, 0.05) is 30.1 Å². The first-order valence-corrected chi connectivity index (χ1v) is 7.11. The molecule has 0 aliphatic carbocycles. The summed E-state index contributed by atoms with van der Waals surface area (Å²) in [6.07, 6.45) is 3.48. The van der Waals surface area contributed by atoms with Crippen molar-refractivity contribution in [2.24, 2.45) is 0 Å². The zero-order valence-electron chi connectivity index (χ0n) is 12.0. The summed E-state index contributed by atoms with van der Waals surface area (Å²) >= 11 is 0. The summed E-state index contributed by atoms with van der Waals surface area (Å²) < 4.78 is 5.37. The summed E-state index contributed by atoms with van der Waals surface area (Å²) in [5.74, 6) is 0.896. The average Bonchev–Trinajstić information content (AvgIpc) is 2.90. The Morgan fingerprint density at radius 1 is 1.43 bits per heavy atom. The highest BCUT2D eigenvalue weighted by molar-refractivity contribution is 5.94. The molecule has 5 heteroatoms. The minimum Gasteiger partial charge on any atom is -0.496 e. The van der Waals surface area contributed by atoms with E-state index in [1.165, 1.54) is 0 Å². The maximum absolute atomic E-state index is 12.4. The molecule has 1 fully saturated rings. The molecule has 1 amide bonds. The van der Waals surface area contributed by atoms with E-state index >= 15 is 0 Å². The second-order valence-corrected chi connectivity index (χ2v) is 5.33. The maximum Gasteiger partial charge on any atom is 0.227 e. The number of carbonyl (C=O) groups is 2. The Bertz CT molecular complexity index is 690. The Labute approximate surface area is 122 Å². The van der Waals surface area contributed by atoms with E-state index in [4.69, 9.17) is 4.74 Å². The Kier molecular flexibility index (Phi) is 3.64. The van der Waals surface area contributed by atoms with Crippen molar-refractivity contribution in [3.05, 3.63) is 30.0 Å². The van der Waals surface area contributed by atoms with Crippen molar-refractivity contribution < 1.29 is 14.3 Å². The van der Waals surface area contributed by atoms with Gasteiger partial charge < -0.3 is 14.6 Å². The fourth-order valence-corrected chi connectivity index (χ4v) is 2.85. The van der Waals surface area contributed by atoms with Gasteiger partial charge in [0.1, 0.15) is 5.75 Å². The molecule has 1 N–H and O–H groups in total. The minimum atomic E-state index is -0.00476. The number of hydrogen-bond acceptors (Lipinski definition) is 3. The highest BCUT2D eigenvalue weighted by Crippen LogP contribution is 2.29. The third kappa shape index (κ3) is 2.63. The second-order valence-electron chi connectivity index (χ2n) is 5.33. The van der Waals surface area contributed by atoms with Crippen molar-refractivity contribution in [2.45, 2.75) is 19.3 Å². The standard InChI is InChI=1S/C16H18N2O3/c1-21-14-6-2-5-13-16(14)11(9-17-13)8-15(20)18-7-3-4-12(19)10-18/h2,5-6,9,17H,3-4,7-8,10H2,1H3. The molecule has 0 atom stereocenters. The number of methoxy groups -OCH3 is 1. The molecule has 2 aromatic rings. The van der Waals surface area contributed by atoms with Gasteiger partial charge in [-0.15, -0.1) is 0 Å². The molecule has 0 spiro atoms. The predicted molar refractivity (Wildman–Crippen MR) is 79.4 cm³/mol. The Morgan fingerprint density at radius 2 is 2.29 bits per heavy atom. The minimum absolute atomic E-state index is 0.00476. The van der Waals surface area contributed by atoms with E-state index in [-0.39, 0.29) is 24.7 Å². The van der Waals surface area contributed by atoms with Gasteiger partial charge in [-0.2, -0.15) is 0 Å². The quantitative estimate of drug-likeness (QED) is 0.937. The van der Waals surface area contributed by atoms with E-state index in [2.05, 4.69) is 4.98 Å². The van der Waals surface area contributed by atoms with Crippen molar-refractivity contribution in [3.8, 4) is 5.75 Å². The average molecular weight is 286 g/mol. The van der Waals surface area contributed by atoms with E-state index in [0.717, 1.165) is 28.6 Å². The summed E-state index contributed by atoms with van der Waals surface area (Å²) in [6, 6.07) is 5.75. The molecule has 0 saturated carbocycles. The van der Waals surface area contributed by atoms with Gasteiger partial charge in [0.05, 0.1) is 20.1 Å². The molecular formula is C16H18N2O3. The number of ether oxygens (including phenoxy) is 1. The van der Waals surface area contributed by atoms with Crippen LogP contribution in [0.2, 0.25) is 0 Å². The summed E-state index contributed by atoms with van der Waals surface area (Å²) in [7, 11) is 1.62. The van der Waals surface area contributed by atoms with Crippen LogP contribution in [0.5, 0.6) is 5.75 Å². The van der Waals surface area contributed by atoms with E-state index in [1.807, 2.05) is 24.4 Å². The summed E-state index contributed by atoms with van der Waals surface area (Å²) in [5, 5.41) is 0.941. The number of aromatic nitrogens is 1. The number of hydrogen-bond donors (Lipinski definition) is 1. The molecule has 1 aromatic heterocycles. The van der Waals surface area contributed by atoms with Crippen LogP contribution >= 0.6 is 0 Å². The predicted octanol–water partition coefficient (Wildman–Crippen LogP) is 1.91. The van der Waals surface area contributed by atoms with Crippen LogP contribution in [0.3, 0.4) is 0 Å². The molecule has 5 nitrogen and oxygen atoms in total. The number of piperidine rings is 1. The number of ketones is 1. The van der Waals surface area contributed by atoms with E-state index < -0.39 is 0 Å². The number of nitrogens with one attached hydrogen (secondary N) is 1. The lowest BCUT2D eigenvalue weighted by molar-refractivity contribution is -0.137. The number of H-pyrrole nitrogens is 1. The van der Waals surface area contributed by atoms with Gasteiger partial charge in [0.15, 0.2) is 5.78 Å². The van der Waals surface area contributed by atoms with Crippen LogP contribution in [0.1, 0.15) is 18.4 Å². The number of rotatable bonds is 3. The van der Waals surface area contributed by atoms with Gasteiger partial charge in [0.25, 0.3) is 0 Å². The smallest absolute Gasteiger partial charge is 0.227 e. The summed E-state index contributed by atoms with van der Waals surface area (Å²) in [6.45, 7) is 0.919. The molecule has 1 aliphatic heterocycles. The first kappa shape index (κ1) is 13.7. The lowest BCUT2D eigenvalue weighted by atomic mass is 10.1. The molecular weight excluding hydrogens is 268 g/mol. The van der Waals surface area contributed by atoms with Gasteiger partial charge in [-0.1, -0.05) is 6.07 Å². The van der Waals surface area contributed by atoms with Gasteiger partial charge in [-0.3, -0.25) is 9.59 Å². The van der Waals surface area contributed by atoms with Gasteiger partial charge in [0.2, 0.25) is 5.91 Å². The van der Waals surface area contributed by atoms with E-state index in [9.17, 15) is 9.59 Å². The number of likely N-dealkylation sites (tertiary alicyclic amines) is 1. The third-order valence-corrected chi connectivity index (χ3v) is 3.91. The van der Waals surface area contributed by atoms with Crippen molar-refractivity contribution in [2.75, 3.05) is 20.2 Å². The number of carbonyl (C=O) groups excluding carboxylic acids is 2. The number of benzene rings is 1. The van der Waals surface area contributed by atoms with Gasteiger partial charge in [-0.25, -0.2) is 0 Å². The number of aromatic amines is 1. The van der Waals surface area contributed by atoms with Crippen LogP contribution in [0.25, 0.3) is 10.9 Å². The summed E-state index contributed by atoms with van der Waals surface area (Å²) in [5.41, 5.74) is 1.86. The van der Waals surface area contributed by atoms with Gasteiger partial charge >= 0.3 is 0 Å². The van der Waals surface area contributed by atoms with Crippen molar-refractivity contribution in [3.63, 3.8) is 0 Å². The number of fused-ring (bicyclic) bond motifs is 1. The molecule has 2 heterocycles. The first-order valence-electron chi connectivity index (χ1n) is 7.11. The SMILES string of the molecule is COc1cccc2[nH]cc(CC(=O)N3CCCC(=O)C3)c12. The molecule has 3 rings (SSSR count). The topological polar surface area (TPSA) is 62.4 Å².